The minimum absolute atomic E-state index is 0.142. The molecule has 0 atom stereocenters. The van der Waals surface area contributed by atoms with Gasteiger partial charge in [0.1, 0.15) is 12.4 Å². The molecule has 106 valence electrons. The zero-order valence-corrected chi connectivity index (χ0v) is 11.4. The molecular formula is C14H21NO4. The minimum atomic E-state index is -0.304. The summed E-state index contributed by atoms with van der Waals surface area (Å²) in [5.74, 6) is 0.278. The van der Waals surface area contributed by atoms with E-state index in [1.807, 2.05) is 26.0 Å². The number of hydrogen-bond donors (Lipinski definition) is 1. The number of carbonyl (C=O) groups excluding carboxylic acids is 1. The Morgan fingerprint density at radius 2 is 1.95 bits per heavy atom. The number of para-hydroxylation sites is 2. The third kappa shape index (κ3) is 6.67. The number of esters is 1. The van der Waals surface area contributed by atoms with E-state index >= 15 is 0 Å². The summed E-state index contributed by atoms with van der Waals surface area (Å²) in [6.45, 7) is 4.79. The van der Waals surface area contributed by atoms with Gasteiger partial charge in [0.25, 0.3) is 0 Å². The molecule has 1 rings (SSSR count). The van der Waals surface area contributed by atoms with E-state index in [9.17, 15) is 4.79 Å². The first kappa shape index (κ1) is 15.3. The van der Waals surface area contributed by atoms with Gasteiger partial charge in [0.05, 0.1) is 31.4 Å². The molecule has 19 heavy (non-hydrogen) atoms. The SMILES string of the molecule is CC(C)OCCOC(=O)CCOc1ccccc1N. The van der Waals surface area contributed by atoms with E-state index in [1.54, 1.807) is 12.1 Å². The number of hydrogen-bond acceptors (Lipinski definition) is 5. The molecule has 0 fully saturated rings. The Kier molecular flexibility index (Phi) is 6.74. The van der Waals surface area contributed by atoms with Gasteiger partial charge in [-0.05, 0) is 26.0 Å². The largest absolute Gasteiger partial charge is 0.491 e. The van der Waals surface area contributed by atoms with Crippen LogP contribution >= 0.6 is 0 Å². The average molecular weight is 267 g/mol. The molecule has 0 aliphatic carbocycles. The number of anilines is 1. The highest BCUT2D eigenvalue weighted by Crippen LogP contribution is 2.19. The lowest BCUT2D eigenvalue weighted by atomic mass is 10.3. The molecule has 0 unspecified atom stereocenters. The number of nitrogens with two attached hydrogens (primary N) is 1. The Balaban J connectivity index is 2.12. The first-order valence-electron chi connectivity index (χ1n) is 6.34. The zero-order valence-electron chi connectivity index (χ0n) is 11.4. The van der Waals surface area contributed by atoms with Crippen LogP contribution < -0.4 is 10.5 Å². The zero-order chi connectivity index (χ0) is 14.1. The number of benzene rings is 1. The molecule has 0 saturated heterocycles. The van der Waals surface area contributed by atoms with Crippen LogP contribution in [0.2, 0.25) is 0 Å². The van der Waals surface area contributed by atoms with E-state index in [1.165, 1.54) is 0 Å². The van der Waals surface area contributed by atoms with Crippen molar-refractivity contribution in [3.8, 4) is 5.75 Å². The second kappa shape index (κ2) is 8.37. The highest BCUT2D eigenvalue weighted by Gasteiger charge is 2.05. The van der Waals surface area contributed by atoms with Crippen LogP contribution in [-0.4, -0.2) is 31.9 Å². The van der Waals surface area contributed by atoms with Gasteiger partial charge in [-0.15, -0.1) is 0 Å². The first-order valence-corrected chi connectivity index (χ1v) is 6.34. The van der Waals surface area contributed by atoms with Gasteiger partial charge in [0, 0.05) is 0 Å². The molecule has 5 heteroatoms. The van der Waals surface area contributed by atoms with E-state index in [0.29, 0.717) is 18.0 Å². The van der Waals surface area contributed by atoms with Gasteiger partial charge in [-0.25, -0.2) is 0 Å². The molecule has 1 aromatic carbocycles. The van der Waals surface area contributed by atoms with Gasteiger partial charge in [0.2, 0.25) is 0 Å². The Hall–Kier alpha value is -1.75. The van der Waals surface area contributed by atoms with E-state index < -0.39 is 0 Å². The number of nitrogen functional groups attached to an aromatic ring is 1. The van der Waals surface area contributed by atoms with Crippen LogP contribution in [0, 0.1) is 0 Å². The smallest absolute Gasteiger partial charge is 0.309 e. The molecule has 0 bridgehead atoms. The molecule has 0 saturated carbocycles. The Bertz CT molecular complexity index is 393. The van der Waals surface area contributed by atoms with Crippen LogP contribution in [0.4, 0.5) is 5.69 Å². The van der Waals surface area contributed by atoms with E-state index in [0.717, 1.165) is 0 Å². The lowest BCUT2D eigenvalue weighted by Crippen LogP contribution is -2.15. The normalized spacial score (nSPS) is 10.5. The number of carbonyl (C=O) groups is 1. The molecule has 0 aliphatic heterocycles. The molecule has 0 aliphatic rings. The molecule has 0 aromatic heterocycles. The Labute approximate surface area is 113 Å². The third-order valence-corrected chi connectivity index (χ3v) is 2.28. The predicted molar refractivity (Wildman–Crippen MR) is 73.0 cm³/mol. The molecule has 0 spiro atoms. The molecule has 0 heterocycles. The fourth-order valence-corrected chi connectivity index (χ4v) is 1.37. The van der Waals surface area contributed by atoms with Gasteiger partial charge < -0.3 is 19.9 Å². The maximum Gasteiger partial charge on any atom is 0.309 e. The van der Waals surface area contributed by atoms with Crippen LogP contribution in [0.3, 0.4) is 0 Å². The summed E-state index contributed by atoms with van der Waals surface area (Å²) in [6.07, 6.45) is 0.332. The van der Waals surface area contributed by atoms with Gasteiger partial charge in [-0.3, -0.25) is 4.79 Å². The Morgan fingerprint density at radius 1 is 1.21 bits per heavy atom. The second-order valence-electron chi connectivity index (χ2n) is 4.28. The highest BCUT2D eigenvalue weighted by molar-refractivity contribution is 5.69. The van der Waals surface area contributed by atoms with Crippen LogP contribution in [0.25, 0.3) is 0 Å². The van der Waals surface area contributed by atoms with Gasteiger partial charge in [0.15, 0.2) is 0 Å². The van der Waals surface area contributed by atoms with Crippen LogP contribution in [0.5, 0.6) is 5.75 Å². The quantitative estimate of drug-likeness (QED) is 0.443. The van der Waals surface area contributed by atoms with Crippen molar-refractivity contribution in [3.05, 3.63) is 24.3 Å². The summed E-state index contributed by atoms with van der Waals surface area (Å²) in [7, 11) is 0. The topological polar surface area (TPSA) is 70.8 Å². The summed E-state index contributed by atoms with van der Waals surface area (Å²) < 4.78 is 15.6. The van der Waals surface area contributed by atoms with Gasteiger partial charge in [-0.1, -0.05) is 12.1 Å². The summed E-state index contributed by atoms with van der Waals surface area (Å²) in [4.78, 5) is 11.4. The van der Waals surface area contributed by atoms with Crippen molar-refractivity contribution < 1.29 is 19.0 Å². The maximum absolute atomic E-state index is 11.4. The third-order valence-electron chi connectivity index (χ3n) is 2.28. The van der Waals surface area contributed by atoms with Crippen molar-refractivity contribution in [2.75, 3.05) is 25.6 Å². The average Bonchev–Trinajstić information content (AvgIpc) is 2.37. The van der Waals surface area contributed by atoms with E-state index in [2.05, 4.69) is 0 Å². The summed E-state index contributed by atoms with van der Waals surface area (Å²) in [5, 5.41) is 0. The fourth-order valence-electron chi connectivity index (χ4n) is 1.37. The molecule has 5 nitrogen and oxygen atoms in total. The lowest BCUT2D eigenvalue weighted by Gasteiger charge is -2.09. The monoisotopic (exact) mass is 267 g/mol. The van der Waals surface area contributed by atoms with Crippen molar-refractivity contribution in [1.29, 1.82) is 0 Å². The Morgan fingerprint density at radius 3 is 2.63 bits per heavy atom. The van der Waals surface area contributed by atoms with E-state index in [4.69, 9.17) is 19.9 Å². The molecule has 1 aromatic rings. The van der Waals surface area contributed by atoms with Crippen LogP contribution in [0.1, 0.15) is 20.3 Å². The molecular weight excluding hydrogens is 246 g/mol. The van der Waals surface area contributed by atoms with E-state index in [-0.39, 0.29) is 31.7 Å². The summed E-state index contributed by atoms with van der Waals surface area (Å²) >= 11 is 0. The first-order chi connectivity index (χ1) is 9.09. The minimum Gasteiger partial charge on any atom is -0.491 e. The highest BCUT2D eigenvalue weighted by atomic mass is 16.6. The molecule has 0 radical (unpaired) electrons. The second-order valence-corrected chi connectivity index (χ2v) is 4.28. The van der Waals surface area contributed by atoms with Crippen molar-refractivity contribution in [1.82, 2.24) is 0 Å². The summed E-state index contributed by atoms with van der Waals surface area (Å²) in [6, 6.07) is 7.16. The lowest BCUT2D eigenvalue weighted by molar-refractivity contribution is -0.146. The van der Waals surface area contributed by atoms with Gasteiger partial charge in [-0.2, -0.15) is 0 Å². The number of ether oxygens (including phenoxy) is 3. The van der Waals surface area contributed by atoms with Gasteiger partial charge >= 0.3 is 5.97 Å². The fraction of sp³-hybridized carbons (Fsp3) is 0.500. The van der Waals surface area contributed by atoms with Crippen molar-refractivity contribution in [2.24, 2.45) is 0 Å². The standard InChI is InChI=1S/C14H21NO4/c1-11(2)17-9-10-19-14(16)7-8-18-13-6-4-3-5-12(13)15/h3-6,11H,7-10,15H2,1-2H3. The summed E-state index contributed by atoms with van der Waals surface area (Å²) in [5.41, 5.74) is 6.26. The van der Waals surface area contributed by atoms with Crippen molar-refractivity contribution in [2.45, 2.75) is 26.4 Å². The van der Waals surface area contributed by atoms with Crippen LogP contribution in [0.15, 0.2) is 24.3 Å². The number of rotatable bonds is 8. The van der Waals surface area contributed by atoms with Crippen LogP contribution in [-0.2, 0) is 14.3 Å². The maximum atomic E-state index is 11.4. The van der Waals surface area contributed by atoms with Crippen molar-refractivity contribution >= 4 is 11.7 Å². The molecule has 0 amide bonds. The van der Waals surface area contributed by atoms with Crippen molar-refractivity contribution in [3.63, 3.8) is 0 Å². The predicted octanol–water partition coefficient (Wildman–Crippen LogP) is 2.01. The molecule has 2 N–H and O–H groups in total.